The quantitative estimate of drug-likeness (QED) is 0.822. The molecule has 3 heterocycles. The van der Waals surface area contributed by atoms with E-state index in [9.17, 15) is 8.42 Å². The minimum Gasteiger partial charge on any atom is -0.297 e. The van der Waals surface area contributed by atoms with E-state index in [1.165, 1.54) is 12.0 Å². The zero-order valence-electron chi connectivity index (χ0n) is 13.7. The Kier molecular flexibility index (Phi) is 3.96. The van der Waals surface area contributed by atoms with Gasteiger partial charge in [0.1, 0.15) is 0 Å². The van der Waals surface area contributed by atoms with Gasteiger partial charge in [-0.15, -0.1) is 0 Å². The molecule has 0 aliphatic carbocycles. The van der Waals surface area contributed by atoms with Crippen molar-refractivity contribution in [3.8, 4) is 0 Å². The fourth-order valence-electron chi connectivity index (χ4n) is 4.30. The van der Waals surface area contributed by atoms with Crippen molar-refractivity contribution in [2.24, 2.45) is 0 Å². The normalized spacial score (nSPS) is 30.1. The van der Waals surface area contributed by atoms with Crippen molar-refractivity contribution in [3.05, 3.63) is 35.4 Å². The Morgan fingerprint density at radius 1 is 1.09 bits per heavy atom. The second-order valence-corrected chi connectivity index (χ2v) is 8.95. The molecule has 3 aliphatic heterocycles. The van der Waals surface area contributed by atoms with Crippen molar-refractivity contribution in [3.63, 3.8) is 0 Å². The largest absolute Gasteiger partial charge is 0.297 e. The number of hydrogen-bond donors (Lipinski definition) is 0. The number of benzene rings is 1. The van der Waals surface area contributed by atoms with Crippen LogP contribution in [0.5, 0.6) is 0 Å². The van der Waals surface area contributed by atoms with Gasteiger partial charge in [-0.2, -0.15) is 17.0 Å². The molecule has 0 aromatic heterocycles. The summed E-state index contributed by atoms with van der Waals surface area (Å²) in [5, 5.41) is 0. The summed E-state index contributed by atoms with van der Waals surface area (Å²) in [6.07, 6.45) is 3.14. The Balaban J connectivity index is 1.56. The lowest BCUT2D eigenvalue weighted by molar-refractivity contribution is 0.110. The highest BCUT2D eigenvalue weighted by Gasteiger charge is 2.42. The average molecular weight is 335 g/mol. The van der Waals surface area contributed by atoms with E-state index in [0.717, 1.165) is 31.5 Å². The minimum atomic E-state index is -3.38. The third-order valence-electron chi connectivity index (χ3n) is 5.60. The van der Waals surface area contributed by atoms with Crippen LogP contribution >= 0.6 is 0 Å². The minimum absolute atomic E-state index is 0.0616. The summed E-state index contributed by atoms with van der Waals surface area (Å²) in [6.45, 7) is 5.80. The predicted octanol–water partition coefficient (Wildman–Crippen LogP) is 1.46. The topological polar surface area (TPSA) is 43.9 Å². The highest BCUT2D eigenvalue weighted by molar-refractivity contribution is 7.86. The van der Waals surface area contributed by atoms with E-state index in [2.05, 4.69) is 17.0 Å². The Morgan fingerprint density at radius 2 is 1.87 bits per heavy atom. The number of hydrogen-bond acceptors (Lipinski definition) is 3. The van der Waals surface area contributed by atoms with Crippen molar-refractivity contribution >= 4 is 10.2 Å². The van der Waals surface area contributed by atoms with Gasteiger partial charge >= 0.3 is 0 Å². The first-order valence-electron chi connectivity index (χ1n) is 8.63. The van der Waals surface area contributed by atoms with E-state index in [-0.39, 0.29) is 6.04 Å². The second kappa shape index (κ2) is 5.84. The van der Waals surface area contributed by atoms with Gasteiger partial charge in [-0.3, -0.25) is 4.90 Å². The monoisotopic (exact) mass is 335 g/mol. The maximum absolute atomic E-state index is 13.2. The third-order valence-corrected chi connectivity index (χ3v) is 7.66. The van der Waals surface area contributed by atoms with E-state index >= 15 is 0 Å². The fourth-order valence-corrected chi connectivity index (χ4v) is 6.10. The molecule has 0 saturated carbocycles. The van der Waals surface area contributed by atoms with Gasteiger partial charge < -0.3 is 0 Å². The van der Waals surface area contributed by atoms with Crippen LogP contribution in [0, 0.1) is 0 Å². The van der Waals surface area contributed by atoms with Crippen molar-refractivity contribution in [2.45, 2.75) is 44.8 Å². The Bertz CT molecular complexity index is 691. The molecule has 0 amide bonds. The maximum atomic E-state index is 13.2. The van der Waals surface area contributed by atoms with Gasteiger partial charge in [-0.25, -0.2) is 0 Å². The van der Waals surface area contributed by atoms with Crippen LogP contribution in [0.3, 0.4) is 0 Å². The molecule has 2 unspecified atom stereocenters. The number of nitrogens with zero attached hydrogens (tertiary/aromatic N) is 3. The Morgan fingerprint density at radius 3 is 2.70 bits per heavy atom. The molecule has 4 rings (SSSR count). The Hall–Kier alpha value is -0.950. The summed E-state index contributed by atoms with van der Waals surface area (Å²) in [4.78, 5) is 2.46. The summed E-state index contributed by atoms with van der Waals surface area (Å²) in [7, 11) is -3.38. The van der Waals surface area contributed by atoms with Crippen LogP contribution in [0.15, 0.2) is 24.3 Å². The second-order valence-electron chi connectivity index (χ2n) is 7.07. The summed E-state index contributed by atoms with van der Waals surface area (Å²) >= 11 is 0. The van der Waals surface area contributed by atoms with Crippen LogP contribution in [0.25, 0.3) is 0 Å². The lowest BCUT2D eigenvalue weighted by Gasteiger charge is -2.43. The highest BCUT2D eigenvalue weighted by atomic mass is 32.2. The first-order chi connectivity index (χ1) is 11.1. The lowest BCUT2D eigenvalue weighted by Crippen LogP contribution is -2.59. The van der Waals surface area contributed by atoms with Gasteiger partial charge in [-0.1, -0.05) is 24.3 Å². The average Bonchev–Trinajstić information content (AvgIpc) is 3.00. The molecule has 1 aromatic rings. The third kappa shape index (κ3) is 2.71. The molecule has 2 fully saturated rings. The summed E-state index contributed by atoms with van der Waals surface area (Å²) in [6, 6.07) is 8.66. The zero-order valence-corrected chi connectivity index (χ0v) is 14.5. The predicted molar refractivity (Wildman–Crippen MR) is 90.2 cm³/mol. The van der Waals surface area contributed by atoms with Crippen LogP contribution in [0.2, 0.25) is 0 Å². The van der Waals surface area contributed by atoms with Gasteiger partial charge in [0.15, 0.2) is 0 Å². The van der Waals surface area contributed by atoms with Crippen LogP contribution in [-0.4, -0.2) is 60.2 Å². The van der Waals surface area contributed by atoms with E-state index in [4.69, 9.17) is 0 Å². The SMILES string of the molecule is CC1CN2CCCC2CN1S(=O)(=O)N1CCc2ccccc2C1. The standard InChI is InChI=1S/C17H25N3O2S/c1-14-11-18-9-4-7-17(18)13-20(14)23(21,22)19-10-8-15-5-2-3-6-16(15)12-19/h2-3,5-6,14,17H,4,7-13H2,1H3. The molecule has 23 heavy (non-hydrogen) atoms. The molecule has 3 aliphatic rings. The van der Waals surface area contributed by atoms with Crippen LogP contribution in [0.1, 0.15) is 30.9 Å². The molecule has 2 saturated heterocycles. The molecule has 1 aromatic carbocycles. The molecule has 0 radical (unpaired) electrons. The van der Waals surface area contributed by atoms with E-state index in [1.54, 1.807) is 8.61 Å². The molecule has 2 atom stereocenters. The number of piperazine rings is 1. The molecule has 0 bridgehead atoms. The van der Waals surface area contributed by atoms with E-state index in [0.29, 0.717) is 25.7 Å². The molecule has 6 heteroatoms. The first kappa shape index (κ1) is 15.6. The van der Waals surface area contributed by atoms with Crippen molar-refractivity contribution in [1.29, 1.82) is 0 Å². The lowest BCUT2D eigenvalue weighted by atomic mass is 10.0. The van der Waals surface area contributed by atoms with Crippen molar-refractivity contribution < 1.29 is 8.42 Å². The van der Waals surface area contributed by atoms with Crippen molar-refractivity contribution in [2.75, 3.05) is 26.2 Å². The van der Waals surface area contributed by atoms with Crippen LogP contribution in [-0.2, 0) is 23.2 Å². The van der Waals surface area contributed by atoms with Crippen LogP contribution < -0.4 is 0 Å². The molecule has 0 spiro atoms. The molecule has 5 nitrogen and oxygen atoms in total. The summed E-state index contributed by atoms with van der Waals surface area (Å²) in [5.41, 5.74) is 2.43. The van der Waals surface area contributed by atoms with Gasteiger partial charge in [0.05, 0.1) is 0 Å². The maximum Gasteiger partial charge on any atom is 0.282 e. The van der Waals surface area contributed by atoms with Gasteiger partial charge in [0, 0.05) is 38.3 Å². The fraction of sp³-hybridized carbons (Fsp3) is 0.647. The van der Waals surface area contributed by atoms with Crippen molar-refractivity contribution in [1.82, 2.24) is 13.5 Å². The number of rotatable bonds is 2. The smallest absolute Gasteiger partial charge is 0.282 e. The Labute approximate surface area is 139 Å². The zero-order chi connectivity index (χ0) is 16.0. The molecular formula is C17H25N3O2S. The van der Waals surface area contributed by atoms with Gasteiger partial charge in [0.25, 0.3) is 10.2 Å². The highest BCUT2D eigenvalue weighted by Crippen LogP contribution is 2.29. The molecule has 0 N–H and O–H groups in total. The van der Waals surface area contributed by atoms with E-state index in [1.807, 2.05) is 19.1 Å². The van der Waals surface area contributed by atoms with Gasteiger partial charge in [0.2, 0.25) is 0 Å². The number of fused-ring (bicyclic) bond motifs is 2. The van der Waals surface area contributed by atoms with Crippen LogP contribution in [0.4, 0.5) is 0 Å². The van der Waals surface area contributed by atoms with Gasteiger partial charge in [-0.05, 0) is 43.9 Å². The first-order valence-corrected chi connectivity index (χ1v) is 10.0. The summed E-state index contributed by atoms with van der Waals surface area (Å²) in [5.74, 6) is 0. The van der Waals surface area contributed by atoms with E-state index < -0.39 is 10.2 Å². The summed E-state index contributed by atoms with van der Waals surface area (Å²) < 4.78 is 29.8. The molecule has 126 valence electrons. The molecular weight excluding hydrogens is 310 g/mol.